The second-order valence-corrected chi connectivity index (χ2v) is 7.96. The van der Waals surface area contributed by atoms with E-state index in [-0.39, 0.29) is 36.5 Å². The molecule has 0 spiro atoms. The van der Waals surface area contributed by atoms with Crippen LogP contribution in [0.3, 0.4) is 0 Å². The van der Waals surface area contributed by atoms with Gasteiger partial charge in [0.2, 0.25) is 20.9 Å². The molecule has 0 aromatic rings. The third-order valence-corrected chi connectivity index (χ3v) is 4.76. The van der Waals surface area contributed by atoms with Gasteiger partial charge in [-0.1, -0.05) is 0 Å². The molecule has 2 amide bonds. The van der Waals surface area contributed by atoms with Crippen LogP contribution in [0.2, 0.25) is 0 Å². The highest BCUT2D eigenvalue weighted by Crippen LogP contribution is 2.21. The largest absolute Gasteiger partial charge is 0.341 e. The molecule has 2 heterocycles. The standard InChI is InChI=1S/C11H17ClN2O4S/c12-19(17,18)8-9-5-10(15)14(6-9)7-11(16)13-3-1-2-4-13/h9H,1-8H2. The molecule has 1 unspecified atom stereocenters. The van der Waals surface area contributed by atoms with E-state index in [9.17, 15) is 18.0 Å². The maximum absolute atomic E-state index is 11.9. The first-order chi connectivity index (χ1) is 8.85. The minimum atomic E-state index is -3.60. The van der Waals surface area contributed by atoms with Gasteiger partial charge in [0, 0.05) is 42.7 Å². The van der Waals surface area contributed by atoms with Crippen molar-refractivity contribution in [1.82, 2.24) is 9.80 Å². The van der Waals surface area contributed by atoms with E-state index in [1.807, 2.05) is 0 Å². The summed E-state index contributed by atoms with van der Waals surface area (Å²) in [6, 6.07) is 0. The van der Waals surface area contributed by atoms with Crippen LogP contribution in [0.25, 0.3) is 0 Å². The Balaban J connectivity index is 1.87. The molecule has 2 aliphatic heterocycles. The molecule has 2 fully saturated rings. The summed E-state index contributed by atoms with van der Waals surface area (Å²) in [7, 11) is 1.58. The monoisotopic (exact) mass is 308 g/mol. The molecule has 8 heteroatoms. The van der Waals surface area contributed by atoms with Crippen molar-refractivity contribution < 1.29 is 18.0 Å². The van der Waals surface area contributed by atoms with E-state index in [0.717, 1.165) is 25.9 Å². The zero-order valence-electron chi connectivity index (χ0n) is 10.5. The lowest BCUT2D eigenvalue weighted by Crippen LogP contribution is -2.39. The molecule has 2 aliphatic rings. The van der Waals surface area contributed by atoms with Crippen LogP contribution in [0.1, 0.15) is 19.3 Å². The van der Waals surface area contributed by atoms with Gasteiger partial charge in [-0.2, -0.15) is 0 Å². The molecule has 1 atom stereocenters. The lowest BCUT2D eigenvalue weighted by atomic mass is 10.1. The fourth-order valence-corrected chi connectivity index (χ4v) is 3.95. The van der Waals surface area contributed by atoms with Gasteiger partial charge in [0.05, 0.1) is 12.3 Å². The molecule has 0 aromatic carbocycles. The number of likely N-dealkylation sites (tertiary alicyclic amines) is 2. The second-order valence-electron chi connectivity index (χ2n) is 5.14. The summed E-state index contributed by atoms with van der Waals surface area (Å²) in [6.45, 7) is 1.85. The van der Waals surface area contributed by atoms with Gasteiger partial charge in [-0.3, -0.25) is 9.59 Å². The van der Waals surface area contributed by atoms with Gasteiger partial charge in [0.15, 0.2) is 0 Å². The third kappa shape index (κ3) is 4.07. The first kappa shape index (κ1) is 14.6. The molecule has 0 N–H and O–H groups in total. The Bertz CT molecular complexity index is 473. The fourth-order valence-electron chi connectivity index (χ4n) is 2.63. The molecule has 2 rings (SSSR count). The van der Waals surface area contributed by atoms with Gasteiger partial charge < -0.3 is 9.80 Å². The number of amides is 2. The molecule has 108 valence electrons. The highest BCUT2D eigenvalue weighted by Gasteiger charge is 2.34. The van der Waals surface area contributed by atoms with Crippen molar-refractivity contribution in [1.29, 1.82) is 0 Å². The first-order valence-electron chi connectivity index (χ1n) is 6.33. The minimum absolute atomic E-state index is 0.0532. The quantitative estimate of drug-likeness (QED) is 0.687. The summed E-state index contributed by atoms with van der Waals surface area (Å²) in [5.41, 5.74) is 0. The van der Waals surface area contributed by atoms with Crippen LogP contribution in [0, 0.1) is 5.92 Å². The van der Waals surface area contributed by atoms with Crippen molar-refractivity contribution in [2.75, 3.05) is 31.9 Å². The van der Waals surface area contributed by atoms with Crippen LogP contribution in [0.4, 0.5) is 0 Å². The van der Waals surface area contributed by atoms with Crippen molar-refractivity contribution in [2.24, 2.45) is 5.92 Å². The molecule has 6 nitrogen and oxygen atoms in total. The minimum Gasteiger partial charge on any atom is -0.341 e. The van der Waals surface area contributed by atoms with Crippen LogP contribution in [0.5, 0.6) is 0 Å². The average molecular weight is 309 g/mol. The lowest BCUT2D eigenvalue weighted by molar-refractivity contribution is -0.137. The predicted octanol–water partition coefficient (Wildman–Crippen LogP) is 0.0259. The van der Waals surface area contributed by atoms with Gasteiger partial charge in [-0.25, -0.2) is 8.42 Å². The maximum Gasteiger partial charge on any atom is 0.242 e. The normalized spacial score (nSPS) is 24.3. The van der Waals surface area contributed by atoms with E-state index in [1.165, 1.54) is 4.90 Å². The lowest BCUT2D eigenvalue weighted by Gasteiger charge is -2.21. The summed E-state index contributed by atoms with van der Waals surface area (Å²) in [5.74, 6) is -0.742. The van der Waals surface area contributed by atoms with E-state index < -0.39 is 9.05 Å². The van der Waals surface area contributed by atoms with Gasteiger partial charge in [-0.05, 0) is 12.8 Å². The Kier molecular flexibility index (Phi) is 4.35. The number of nitrogens with zero attached hydrogens (tertiary/aromatic N) is 2. The molecule has 19 heavy (non-hydrogen) atoms. The summed E-state index contributed by atoms with van der Waals surface area (Å²) < 4.78 is 22.0. The zero-order valence-corrected chi connectivity index (χ0v) is 12.1. The van der Waals surface area contributed by atoms with Gasteiger partial charge >= 0.3 is 0 Å². The molecule has 0 saturated carbocycles. The van der Waals surface area contributed by atoms with E-state index in [1.54, 1.807) is 4.90 Å². The number of hydrogen-bond acceptors (Lipinski definition) is 4. The molecule has 0 aliphatic carbocycles. The van der Waals surface area contributed by atoms with Crippen molar-refractivity contribution >= 4 is 31.5 Å². The number of halogens is 1. The van der Waals surface area contributed by atoms with E-state index in [2.05, 4.69) is 0 Å². The number of carbonyl (C=O) groups excluding carboxylic acids is 2. The van der Waals surface area contributed by atoms with Gasteiger partial charge in [0.1, 0.15) is 0 Å². The van der Waals surface area contributed by atoms with Gasteiger partial charge in [-0.15, -0.1) is 0 Å². The molecule has 0 radical (unpaired) electrons. The smallest absolute Gasteiger partial charge is 0.242 e. The Labute approximate surface area is 117 Å². The molecular formula is C11H17ClN2O4S. The number of carbonyl (C=O) groups is 2. The van der Waals surface area contributed by atoms with Crippen LogP contribution in [0.15, 0.2) is 0 Å². The summed E-state index contributed by atoms with van der Waals surface area (Å²) >= 11 is 0. The highest BCUT2D eigenvalue weighted by molar-refractivity contribution is 8.13. The third-order valence-electron chi connectivity index (χ3n) is 3.51. The molecule has 0 bridgehead atoms. The van der Waals surface area contributed by atoms with Crippen molar-refractivity contribution in [3.63, 3.8) is 0 Å². The Morgan fingerprint density at radius 2 is 1.95 bits per heavy atom. The van der Waals surface area contributed by atoms with Crippen LogP contribution in [-0.2, 0) is 18.6 Å². The van der Waals surface area contributed by atoms with E-state index in [4.69, 9.17) is 10.7 Å². The van der Waals surface area contributed by atoms with Crippen molar-refractivity contribution in [3.8, 4) is 0 Å². The summed E-state index contributed by atoms with van der Waals surface area (Å²) in [5, 5.41) is 0. The average Bonchev–Trinajstić information content (AvgIpc) is 2.87. The van der Waals surface area contributed by atoms with E-state index in [0.29, 0.717) is 6.54 Å². The molecular weight excluding hydrogens is 292 g/mol. The van der Waals surface area contributed by atoms with Gasteiger partial charge in [0.25, 0.3) is 0 Å². The Morgan fingerprint density at radius 1 is 1.32 bits per heavy atom. The summed E-state index contributed by atoms with van der Waals surface area (Å²) in [4.78, 5) is 26.9. The van der Waals surface area contributed by atoms with Crippen molar-refractivity contribution in [2.45, 2.75) is 19.3 Å². The predicted molar refractivity (Wildman–Crippen MR) is 70.1 cm³/mol. The first-order valence-corrected chi connectivity index (χ1v) is 8.81. The van der Waals surface area contributed by atoms with Crippen LogP contribution >= 0.6 is 10.7 Å². The Hall–Kier alpha value is -0.820. The van der Waals surface area contributed by atoms with Crippen molar-refractivity contribution in [3.05, 3.63) is 0 Å². The molecule has 2 saturated heterocycles. The van der Waals surface area contributed by atoms with Crippen LogP contribution in [-0.4, -0.2) is 62.0 Å². The molecule has 0 aromatic heterocycles. The highest BCUT2D eigenvalue weighted by atomic mass is 35.7. The second kappa shape index (κ2) is 5.66. The maximum atomic E-state index is 11.9. The number of rotatable bonds is 4. The Morgan fingerprint density at radius 3 is 2.53 bits per heavy atom. The number of hydrogen-bond donors (Lipinski definition) is 0. The topological polar surface area (TPSA) is 74.8 Å². The zero-order chi connectivity index (χ0) is 14.0. The fraction of sp³-hybridized carbons (Fsp3) is 0.818. The van der Waals surface area contributed by atoms with Crippen LogP contribution < -0.4 is 0 Å². The summed E-state index contributed by atoms with van der Waals surface area (Å²) in [6.07, 6.45) is 2.17. The SMILES string of the molecule is O=C(CN1CC(CS(=O)(=O)Cl)CC1=O)N1CCCC1. The van der Waals surface area contributed by atoms with E-state index >= 15 is 0 Å².